The van der Waals surface area contributed by atoms with E-state index in [-0.39, 0.29) is 5.41 Å². The zero-order valence-electron chi connectivity index (χ0n) is 21.7. The highest BCUT2D eigenvalue weighted by molar-refractivity contribution is 7.76. The van der Waals surface area contributed by atoms with E-state index < -0.39 is 16.9 Å². The van der Waals surface area contributed by atoms with Crippen LogP contribution in [0.25, 0.3) is 0 Å². The highest BCUT2D eigenvalue weighted by Crippen LogP contribution is 2.60. The molecule has 0 radical (unpaired) electrons. The molecule has 1 fully saturated rings. The lowest BCUT2D eigenvalue weighted by Crippen LogP contribution is -2.47. The van der Waals surface area contributed by atoms with Gasteiger partial charge in [0.2, 0.25) is 0 Å². The number of nitrogens with zero attached hydrogens (tertiary/aromatic N) is 2. The topological polar surface area (TPSA) is 76.1 Å². The molecule has 1 N–H and O–H groups in total. The lowest BCUT2D eigenvalue weighted by atomic mass is 9.74. The van der Waals surface area contributed by atoms with Crippen LogP contribution in [0.3, 0.4) is 0 Å². The maximum absolute atomic E-state index is 11.5. The van der Waals surface area contributed by atoms with Crippen molar-refractivity contribution in [3.63, 3.8) is 0 Å². The van der Waals surface area contributed by atoms with Crippen LogP contribution >= 0.6 is 0 Å². The van der Waals surface area contributed by atoms with E-state index in [1.54, 1.807) is 7.11 Å². The molecule has 7 heteroatoms. The van der Waals surface area contributed by atoms with Gasteiger partial charge in [0.05, 0.1) is 12.7 Å². The molecule has 6 rings (SSSR count). The summed E-state index contributed by atoms with van der Waals surface area (Å²) >= 11 is -2.03. The molecule has 0 spiro atoms. The van der Waals surface area contributed by atoms with Gasteiger partial charge in [-0.1, -0.05) is 66.7 Å². The van der Waals surface area contributed by atoms with Crippen LogP contribution in [0.15, 0.2) is 72.8 Å². The summed E-state index contributed by atoms with van der Waals surface area (Å²) in [6.07, 6.45) is 2.64. The molecular formula is C30H35N2O4S-. The van der Waals surface area contributed by atoms with Crippen LogP contribution < -0.4 is 4.74 Å². The van der Waals surface area contributed by atoms with Gasteiger partial charge in [0.1, 0.15) is 5.75 Å². The first-order chi connectivity index (χ1) is 17.8. The summed E-state index contributed by atoms with van der Waals surface area (Å²) in [5.41, 5.74) is 6.26. The number of fused-ring (bicyclic) bond motifs is 8. The fourth-order valence-corrected chi connectivity index (χ4v) is 6.57. The Kier molecular flexibility index (Phi) is 7.27. The first-order valence-electron chi connectivity index (χ1n) is 12.8. The van der Waals surface area contributed by atoms with E-state index in [9.17, 15) is 13.9 Å². The maximum atomic E-state index is 11.5. The molecule has 1 aliphatic heterocycles. The van der Waals surface area contributed by atoms with Crippen molar-refractivity contribution in [1.29, 1.82) is 0 Å². The predicted octanol–water partition coefficient (Wildman–Crippen LogP) is 4.16. The van der Waals surface area contributed by atoms with Gasteiger partial charge in [0.25, 0.3) is 0 Å². The normalized spacial score (nSPS) is 24.1. The zero-order chi connectivity index (χ0) is 26.2. The summed E-state index contributed by atoms with van der Waals surface area (Å²) in [7, 11) is 4.61. The van der Waals surface area contributed by atoms with Gasteiger partial charge in [-0.3, -0.25) is 4.21 Å². The Labute approximate surface area is 222 Å². The molecule has 0 amide bonds. The average molecular weight is 520 g/mol. The first kappa shape index (κ1) is 26.1. The maximum Gasteiger partial charge on any atom is 0.124 e. The highest BCUT2D eigenvalue weighted by atomic mass is 32.2. The standard InChI is InChI=1S/C28H29NO2.C2H7NO2S/c1-31-26-13-7-6-12-25(26)28(30)14-16-29(17-15-28)19-27-18-22(20-8-2-4-10-23(20)27)21-9-3-5-11-24(21)27;1-3(2)6(4)5/h2-13,22,30H,14-19H2,1H3;1-2H3,(H,4,5)/p-1. The van der Waals surface area contributed by atoms with Gasteiger partial charge in [-0.25, -0.2) is 4.31 Å². The van der Waals surface area contributed by atoms with Gasteiger partial charge in [-0.2, -0.15) is 0 Å². The molecule has 1 unspecified atom stereocenters. The van der Waals surface area contributed by atoms with Gasteiger partial charge in [-0.15, -0.1) is 0 Å². The second-order valence-electron chi connectivity index (χ2n) is 10.6. The number of rotatable bonds is 5. The number of ether oxygens (including phenoxy) is 1. The van der Waals surface area contributed by atoms with E-state index in [1.807, 2.05) is 24.3 Å². The van der Waals surface area contributed by atoms with Crippen molar-refractivity contribution in [2.45, 2.75) is 36.2 Å². The van der Waals surface area contributed by atoms with Crippen molar-refractivity contribution in [3.8, 4) is 5.75 Å². The summed E-state index contributed by atoms with van der Waals surface area (Å²) in [5.74, 6) is 1.32. The Balaban J connectivity index is 0.000000421. The molecule has 0 aromatic heterocycles. The highest BCUT2D eigenvalue weighted by Gasteiger charge is 2.53. The van der Waals surface area contributed by atoms with E-state index in [0.717, 1.165) is 48.1 Å². The van der Waals surface area contributed by atoms with Gasteiger partial charge < -0.3 is 19.3 Å². The number of hydrogen-bond acceptors (Lipinski definition) is 5. The van der Waals surface area contributed by atoms with E-state index in [4.69, 9.17) is 4.74 Å². The molecule has 2 bridgehead atoms. The Bertz CT molecular complexity index is 1240. The van der Waals surface area contributed by atoms with Crippen molar-refractivity contribution >= 4 is 11.3 Å². The molecule has 3 aromatic carbocycles. The summed E-state index contributed by atoms with van der Waals surface area (Å²) in [6.45, 7) is 2.82. The third kappa shape index (κ3) is 4.64. The molecule has 0 saturated carbocycles. The average Bonchev–Trinajstić information content (AvgIpc) is 3.43. The van der Waals surface area contributed by atoms with Crippen molar-refractivity contribution in [1.82, 2.24) is 9.21 Å². The van der Waals surface area contributed by atoms with Crippen LogP contribution in [0, 0.1) is 0 Å². The van der Waals surface area contributed by atoms with Gasteiger partial charge in [0.15, 0.2) is 0 Å². The van der Waals surface area contributed by atoms with Gasteiger partial charge in [0, 0.05) is 47.8 Å². The van der Waals surface area contributed by atoms with Gasteiger partial charge >= 0.3 is 0 Å². The number of aliphatic hydroxyl groups is 1. The summed E-state index contributed by atoms with van der Waals surface area (Å²) in [6, 6.07) is 26.0. The minimum absolute atomic E-state index is 0.0811. The van der Waals surface area contributed by atoms with E-state index in [0.29, 0.717) is 5.92 Å². The van der Waals surface area contributed by atoms with E-state index in [1.165, 1.54) is 42.8 Å². The monoisotopic (exact) mass is 519 g/mol. The van der Waals surface area contributed by atoms with Crippen LogP contribution in [0.2, 0.25) is 0 Å². The summed E-state index contributed by atoms with van der Waals surface area (Å²) in [5, 5.41) is 11.5. The lowest BCUT2D eigenvalue weighted by Gasteiger charge is -2.43. The van der Waals surface area contributed by atoms with Crippen LogP contribution in [0.4, 0.5) is 0 Å². The van der Waals surface area contributed by atoms with Crippen molar-refractivity contribution in [2.24, 2.45) is 0 Å². The molecule has 1 saturated heterocycles. The molecule has 1 heterocycles. The Morgan fingerprint density at radius 2 is 1.43 bits per heavy atom. The minimum atomic E-state index is -2.03. The summed E-state index contributed by atoms with van der Waals surface area (Å²) < 4.78 is 25.9. The fourth-order valence-electron chi connectivity index (χ4n) is 6.57. The molecular weight excluding hydrogens is 484 g/mol. The second-order valence-corrected chi connectivity index (χ2v) is 11.7. The van der Waals surface area contributed by atoms with Crippen LogP contribution in [-0.4, -0.2) is 63.9 Å². The third-order valence-electron chi connectivity index (χ3n) is 8.34. The quantitative estimate of drug-likeness (QED) is 0.513. The minimum Gasteiger partial charge on any atom is -0.760 e. The smallest absolute Gasteiger partial charge is 0.124 e. The number of piperidine rings is 1. The van der Waals surface area contributed by atoms with Gasteiger partial charge in [-0.05, 0) is 61.7 Å². The molecule has 3 aliphatic rings. The Hall–Kier alpha value is -2.55. The van der Waals surface area contributed by atoms with Crippen molar-refractivity contribution in [3.05, 3.63) is 101 Å². The number of hydrogen-bond donors (Lipinski definition) is 1. The summed E-state index contributed by atoms with van der Waals surface area (Å²) in [4.78, 5) is 2.57. The van der Waals surface area contributed by atoms with Crippen LogP contribution in [0.1, 0.15) is 53.0 Å². The molecule has 3 aromatic rings. The molecule has 1 atom stereocenters. The second kappa shape index (κ2) is 10.3. The predicted molar refractivity (Wildman–Crippen MR) is 145 cm³/mol. The van der Waals surface area contributed by atoms with Crippen molar-refractivity contribution < 1.29 is 18.6 Å². The SMILES string of the molecule is CN(C)S(=O)[O-].COc1ccccc1C1(O)CCN(CC23CC(c4ccccc42)c2ccccc23)CC1. The number of methoxy groups -OCH3 is 1. The zero-order valence-corrected chi connectivity index (χ0v) is 22.5. The van der Waals surface area contributed by atoms with E-state index >= 15 is 0 Å². The first-order valence-corrected chi connectivity index (χ1v) is 13.9. The Morgan fingerprint density at radius 3 is 1.95 bits per heavy atom. The molecule has 37 heavy (non-hydrogen) atoms. The molecule has 196 valence electrons. The number of likely N-dealkylation sites (tertiary alicyclic amines) is 1. The van der Waals surface area contributed by atoms with E-state index in [2.05, 4.69) is 53.4 Å². The van der Waals surface area contributed by atoms with Crippen molar-refractivity contribution in [2.75, 3.05) is 40.8 Å². The molecule has 6 nitrogen and oxygen atoms in total. The third-order valence-corrected chi connectivity index (χ3v) is 8.94. The number of para-hydroxylation sites is 1. The number of benzene rings is 3. The van der Waals surface area contributed by atoms with Crippen LogP contribution in [-0.2, 0) is 22.3 Å². The largest absolute Gasteiger partial charge is 0.760 e. The molecule has 2 aliphatic carbocycles. The van der Waals surface area contributed by atoms with Crippen LogP contribution in [0.5, 0.6) is 5.75 Å². The fraction of sp³-hybridized carbons (Fsp3) is 0.400. The lowest BCUT2D eigenvalue weighted by molar-refractivity contribution is -0.0304. The Morgan fingerprint density at radius 1 is 0.946 bits per heavy atom.